The van der Waals surface area contributed by atoms with Crippen LogP contribution in [-0.2, 0) is 19.4 Å². The first kappa shape index (κ1) is 17.9. The molecular formula is C12H23NO5S. The molecule has 0 bridgehead atoms. The van der Waals surface area contributed by atoms with Crippen LogP contribution in [0.4, 0.5) is 0 Å². The monoisotopic (exact) mass is 293 g/mol. The number of sulfone groups is 1. The van der Waals surface area contributed by atoms with Gasteiger partial charge in [-0.1, -0.05) is 13.8 Å². The number of carboxylic acids is 1. The van der Waals surface area contributed by atoms with Crippen LogP contribution in [0.25, 0.3) is 0 Å². The van der Waals surface area contributed by atoms with Crippen LogP contribution in [0.5, 0.6) is 0 Å². The Morgan fingerprint density at radius 2 is 1.68 bits per heavy atom. The van der Waals surface area contributed by atoms with Crippen molar-refractivity contribution in [3.63, 3.8) is 0 Å². The van der Waals surface area contributed by atoms with E-state index >= 15 is 0 Å². The van der Waals surface area contributed by atoms with Crippen molar-refractivity contribution in [2.75, 3.05) is 18.8 Å². The van der Waals surface area contributed by atoms with Gasteiger partial charge < -0.3 is 10.0 Å². The third-order valence-electron chi connectivity index (χ3n) is 2.51. The summed E-state index contributed by atoms with van der Waals surface area (Å²) in [7, 11) is -3.60. The van der Waals surface area contributed by atoms with Crippen LogP contribution in [-0.4, -0.2) is 53.9 Å². The molecule has 0 saturated carbocycles. The highest BCUT2D eigenvalue weighted by Crippen LogP contribution is 2.16. The van der Waals surface area contributed by atoms with E-state index in [0.29, 0.717) is 0 Å². The largest absolute Gasteiger partial charge is 0.480 e. The van der Waals surface area contributed by atoms with Crippen molar-refractivity contribution in [3.8, 4) is 0 Å². The topological polar surface area (TPSA) is 91.8 Å². The third kappa shape index (κ3) is 6.04. The Morgan fingerprint density at radius 1 is 1.21 bits per heavy atom. The minimum absolute atomic E-state index is 0.0700. The van der Waals surface area contributed by atoms with Crippen molar-refractivity contribution in [1.29, 1.82) is 0 Å². The molecule has 0 spiro atoms. The molecule has 112 valence electrons. The van der Waals surface area contributed by atoms with Crippen molar-refractivity contribution in [2.45, 2.75) is 39.4 Å². The van der Waals surface area contributed by atoms with Crippen molar-refractivity contribution in [2.24, 2.45) is 5.92 Å². The molecule has 0 unspecified atom stereocenters. The van der Waals surface area contributed by atoms with Gasteiger partial charge in [-0.2, -0.15) is 0 Å². The summed E-state index contributed by atoms with van der Waals surface area (Å²) in [5.74, 6) is -2.40. The molecule has 0 saturated heterocycles. The first-order valence-corrected chi connectivity index (χ1v) is 7.74. The lowest BCUT2D eigenvalue weighted by molar-refractivity contribution is -0.143. The van der Waals surface area contributed by atoms with Crippen molar-refractivity contribution in [3.05, 3.63) is 0 Å². The molecule has 1 N–H and O–H groups in total. The van der Waals surface area contributed by atoms with Gasteiger partial charge in [-0.25, -0.2) is 8.42 Å². The minimum atomic E-state index is -3.60. The summed E-state index contributed by atoms with van der Waals surface area (Å²) < 4.78 is 22.9. The molecule has 0 aromatic carbocycles. The number of hydrogen-bond acceptors (Lipinski definition) is 4. The molecule has 0 radical (unpaired) electrons. The molecular weight excluding hydrogens is 270 g/mol. The minimum Gasteiger partial charge on any atom is -0.480 e. The lowest BCUT2D eigenvalue weighted by Gasteiger charge is -2.25. The molecule has 0 atom stereocenters. The lowest BCUT2D eigenvalue weighted by atomic mass is 10.2. The fourth-order valence-corrected chi connectivity index (χ4v) is 2.27. The van der Waals surface area contributed by atoms with Gasteiger partial charge in [0.05, 0.1) is 4.75 Å². The lowest BCUT2D eigenvalue weighted by Crippen LogP contribution is -2.44. The molecule has 6 nitrogen and oxygen atoms in total. The van der Waals surface area contributed by atoms with Crippen LogP contribution >= 0.6 is 0 Å². The Hall–Kier alpha value is -1.11. The summed E-state index contributed by atoms with van der Waals surface area (Å²) in [5.41, 5.74) is 0. The van der Waals surface area contributed by atoms with E-state index < -0.39 is 38.8 Å². The molecule has 0 heterocycles. The number of carboxylic acid groups (broad SMARTS) is 1. The molecule has 0 aromatic rings. The zero-order valence-corrected chi connectivity index (χ0v) is 13.0. The Labute approximate surface area is 114 Å². The number of carbonyl (C=O) groups is 2. The summed E-state index contributed by atoms with van der Waals surface area (Å²) in [6.45, 7) is 7.96. The van der Waals surface area contributed by atoms with Crippen molar-refractivity contribution in [1.82, 2.24) is 4.90 Å². The van der Waals surface area contributed by atoms with Crippen LogP contribution in [0.15, 0.2) is 0 Å². The molecule has 19 heavy (non-hydrogen) atoms. The van der Waals surface area contributed by atoms with E-state index in [-0.39, 0.29) is 12.5 Å². The number of hydrogen-bond donors (Lipinski definition) is 1. The Balaban J connectivity index is 4.97. The van der Waals surface area contributed by atoms with E-state index in [9.17, 15) is 18.0 Å². The summed E-state index contributed by atoms with van der Waals surface area (Å²) in [6, 6.07) is 0. The number of rotatable bonds is 6. The van der Waals surface area contributed by atoms with E-state index in [0.717, 1.165) is 4.90 Å². The average molecular weight is 293 g/mol. The molecule has 0 fully saturated rings. The molecule has 0 aliphatic heterocycles. The number of nitrogens with zero attached hydrogens (tertiary/aromatic N) is 1. The summed E-state index contributed by atoms with van der Waals surface area (Å²) >= 11 is 0. The molecule has 0 aliphatic carbocycles. The Morgan fingerprint density at radius 3 is 2.00 bits per heavy atom. The third-order valence-corrected chi connectivity index (χ3v) is 5.00. The van der Waals surface area contributed by atoms with Crippen LogP contribution < -0.4 is 0 Å². The Bertz CT molecular complexity index is 434. The molecule has 7 heteroatoms. The number of amides is 1. The summed E-state index contributed by atoms with van der Waals surface area (Å²) in [5, 5.41) is 8.76. The predicted octanol–water partition coefficient (Wildman–Crippen LogP) is 0.769. The standard InChI is InChI=1S/C12H23NO5S/c1-9(2)6-13(7-11(15)16)10(14)8-19(17,18)12(3,4)5/h9H,6-8H2,1-5H3,(H,15,16). The van der Waals surface area contributed by atoms with Gasteiger partial charge in [-0.3, -0.25) is 9.59 Å². The smallest absolute Gasteiger partial charge is 0.323 e. The fraction of sp³-hybridized carbons (Fsp3) is 0.833. The zero-order valence-electron chi connectivity index (χ0n) is 12.1. The fourth-order valence-electron chi connectivity index (χ4n) is 1.33. The first-order valence-electron chi connectivity index (χ1n) is 6.08. The predicted molar refractivity (Wildman–Crippen MR) is 72.6 cm³/mol. The second-order valence-electron chi connectivity index (χ2n) is 5.93. The van der Waals surface area contributed by atoms with Crippen LogP contribution in [0, 0.1) is 5.92 Å². The van der Waals surface area contributed by atoms with Gasteiger partial charge in [-0.05, 0) is 26.7 Å². The molecule has 0 aliphatic rings. The van der Waals surface area contributed by atoms with Gasteiger partial charge in [0.2, 0.25) is 5.91 Å². The highest BCUT2D eigenvalue weighted by molar-refractivity contribution is 7.93. The van der Waals surface area contributed by atoms with Crippen LogP contribution in [0.2, 0.25) is 0 Å². The normalized spacial score (nSPS) is 12.5. The highest BCUT2D eigenvalue weighted by atomic mass is 32.2. The second-order valence-corrected chi connectivity index (χ2v) is 8.68. The van der Waals surface area contributed by atoms with Crippen LogP contribution in [0.3, 0.4) is 0 Å². The molecule has 1 amide bonds. The van der Waals surface area contributed by atoms with Gasteiger partial charge >= 0.3 is 5.97 Å². The summed E-state index contributed by atoms with van der Waals surface area (Å²) in [4.78, 5) is 23.8. The SMILES string of the molecule is CC(C)CN(CC(=O)O)C(=O)CS(=O)(=O)C(C)(C)C. The maximum atomic E-state index is 12.0. The van der Waals surface area contributed by atoms with Crippen molar-refractivity contribution >= 4 is 21.7 Å². The van der Waals surface area contributed by atoms with Gasteiger partial charge in [0.25, 0.3) is 0 Å². The van der Waals surface area contributed by atoms with E-state index in [2.05, 4.69) is 0 Å². The first-order chi connectivity index (χ1) is 8.36. The average Bonchev–Trinajstić information content (AvgIpc) is 2.12. The Kier molecular flexibility index (Phi) is 5.99. The molecule has 0 aromatic heterocycles. The number of carbonyl (C=O) groups excluding carboxylic acids is 1. The van der Waals surface area contributed by atoms with Crippen molar-refractivity contribution < 1.29 is 23.1 Å². The second kappa shape index (κ2) is 6.36. The van der Waals surface area contributed by atoms with Crippen LogP contribution in [0.1, 0.15) is 34.6 Å². The van der Waals surface area contributed by atoms with E-state index in [1.54, 1.807) is 0 Å². The quantitative estimate of drug-likeness (QED) is 0.781. The maximum absolute atomic E-state index is 12.0. The zero-order chi connectivity index (χ0) is 15.4. The summed E-state index contributed by atoms with van der Waals surface area (Å²) in [6.07, 6.45) is 0. The van der Waals surface area contributed by atoms with Gasteiger partial charge in [0.1, 0.15) is 12.3 Å². The molecule has 0 rings (SSSR count). The van der Waals surface area contributed by atoms with E-state index in [4.69, 9.17) is 5.11 Å². The van der Waals surface area contributed by atoms with E-state index in [1.807, 2.05) is 13.8 Å². The van der Waals surface area contributed by atoms with Gasteiger partial charge in [0, 0.05) is 6.54 Å². The van der Waals surface area contributed by atoms with Gasteiger partial charge in [0.15, 0.2) is 9.84 Å². The maximum Gasteiger partial charge on any atom is 0.323 e. The number of aliphatic carboxylic acids is 1. The van der Waals surface area contributed by atoms with E-state index in [1.165, 1.54) is 20.8 Å². The van der Waals surface area contributed by atoms with Gasteiger partial charge in [-0.15, -0.1) is 0 Å². The highest BCUT2D eigenvalue weighted by Gasteiger charge is 2.33.